The monoisotopic (exact) mass is 329 g/mol. The molecule has 1 aliphatic carbocycles. The van der Waals surface area contributed by atoms with Crippen LogP contribution in [0.5, 0.6) is 0 Å². The zero-order valence-corrected chi connectivity index (χ0v) is 13.3. The summed E-state index contributed by atoms with van der Waals surface area (Å²) in [6.45, 7) is 3.13. The summed E-state index contributed by atoms with van der Waals surface area (Å²) in [7, 11) is 0. The summed E-state index contributed by atoms with van der Waals surface area (Å²) in [5, 5.41) is 6.31. The summed E-state index contributed by atoms with van der Waals surface area (Å²) in [5.41, 5.74) is 1.98. The van der Waals surface area contributed by atoms with Crippen LogP contribution in [0.3, 0.4) is 0 Å². The largest absolute Gasteiger partial charge is 0.378 e. The summed E-state index contributed by atoms with van der Waals surface area (Å²) in [6.07, 6.45) is 3.33. The van der Waals surface area contributed by atoms with Gasteiger partial charge in [-0.05, 0) is 25.0 Å². The van der Waals surface area contributed by atoms with Gasteiger partial charge in [0.25, 0.3) is 0 Å². The highest BCUT2D eigenvalue weighted by molar-refractivity contribution is 5.73. The zero-order valence-electron chi connectivity index (χ0n) is 13.3. The second-order valence-corrected chi connectivity index (χ2v) is 6.05. The van der Waals surface area contributed by atoms with Gasteiger partial charge in [0.2, 0.25) is 5.95 Å². The van der Waals surface area contributed by atoms with Crippen molar-refractivity contribution in [3.63, 3.8) is 0 Å². The second kappa shape index (κ2) is 6.60. The average molecular weight is 329 g/mol. The number of hydrogen-bond acceptors (Lipinski definition) is 6. The number of ether oxygens (including phenoxy) is 1. The lowest BCUT2D eigenvalue weighted by Crippen LogP contribution is -2.36. The normalized spacial score (nSPS) is 17.6. The molecule has 1 aromatic carbocycles. The van der Waals surface area contributed by atoms with Crippen LogP contribution in [0.2, 0.25) is 0 Å². The molecule has 6 nitrogen and oxygen atoms in total. The van der Waals surface area contributed by atoms with Crippen molar-refractivity contribution in [3.8, 4) is 0 Å². The van der Waals surface area contributed by atoms with Crippen LogP contribution in [0, 0.1) is 5.82 Å². The van der Waals surface area contributed by atoms with E-state index in [0.717, 1.165) is 50.5 Å². The first kappa shape index (κ1) is 15.1. The van der Waals surface area contributed by atoms with Crippen molar-refractivity contribution >= 4 is 23.1 Å². The van der Waals surface area contributed by atoms with Gasteiger partial charge in [-0.25, -0.2) is 9.37 Å². The van der Waals surface area contributed by atoms with Gasteiger partial charge in [-0.15, -0.1) is 0 Å². The molecule has 0 radical (unpaired) electrons. The highest BCUT2D eigenvalue weighted by atomic mass is 19.1. The van der Waals surface area contributed by atoms with Gasteiger partial charge in [0, 0.05) is 19.1 Å². The van der Waals surface area contributed by atoms with Crippen molar-refractivity contribution in [3.05, 3.63) is 36.3 Å². The van der Waals surface area contributed by atoms with Crippen molar-refractivity contribution in [2.75, 3.05) is 41.8 Å². The maximum absolute atomic E-state index is 13.8. The molecule has 1 aromatic heterocycles. The molecule has 2 aliphatic rings. The van der Waals surface area contributed by atoms with Crippen LogP contribution >= 0.6 is 0 Å². The number of nitrogens with one attached hydrogen (secondary N) is 2. The van der Waals surface area contributed by atoms with Gasteiger partial charge >= 0.3 is 0 Å². The summed E-state index contributed by atoms with van der Waals surface area (Å²) in [5.74, 6) is 0.230. The predicted molar refractivity (Wildman–Crippen MR) is 91.4 cm³/mol. The summed E-state index contributed by atoms with van der Waals surface area (Å²) in [4.78, 5) is 10.6. The van der Waals surface area contributed by atoms with Crippen molar-refractivity contribution in [1.82, 2.24) is 9.97 Å². The van der Waals surface area contributed by atoms with Crippen molar-refractivity contribution in [2.24, 2.45) is 0 Å². The van der Waals surface area contributed by atoms with E-state index in [1.54, 1.807) is 0 Å². The molecule has 0 bridgehead atoms. The highest BCUT2D eigenvalue weighted by Gasteiger charge is 2.23. The van der Waals surface area contributed by atoms with Crippen molar-refractivity contribution in [1.29, 1.82) is 0 Å². The van der Waals surface area contributed by atoms with Gasteiger partial charge in [0.05, 0.1) is 30.8 Å². The Kier molecular flexibility index (Phi) is 4.17. The lowest BCUT2D eigenvalue weighted by molar-refractivity contribution is 0.123. The summed E-state index contributed by atoms with van der Waals surface area (Å²) in [6, 6.07) is 8.33. The Morgan fingerprint density at radius 3 is 2.75 bits per heavy atom. The zero-order chi connectivity index (χ0) is 16.4. The molecular weight excluding hydrogens is 309 g/mol. The topological polar surface area (TPSA) is 62.3 Å². The van der Waals surface area contributed by atoms with Gasteiger partial charge in [-0.3, -0.25) is 0 Å². The predicted octanol–water partition coefficient (Wildman–Crippen LogP) is 2.77. The van der Waals surface area contributed by atoms with Crippen LogP contribution in [0.4, 0.5) is 27.5 Å². The van der Waals surface area contributed by atoms with E-state index in [1.165, 1.54) is 6.20 Å². The fourth-order valence-electron chi connectivity index (χ4n) is 2.73. The smallest absolute Gasteiger partial charge is 0.229 e. The Morgan fingerprint density at radius 2 is 1.96 bits per heavy atom. The van der Waals surface area contributed by atoms with E-state index < -0.39 is 5.82 Å². The number of morpholine rings is 1. The molecule has 24 heavy (non-hydrogen) atoms. The SMILES string of the molecule is Fc1cnc(Nc2ccccc2N2CCOCC2)nc1NC1CC1. The van der Waals surface area contributed by atoms with Crippen LogP contribution in [0.1, 0.15) is 12.8 Å². The van der Waals surface area contributed by atoms with E-state index in [-0.39, 0.29) is 5.82 Å². The number of rotatable bonds is 5. The Morgan fingerprint density at radius 1 is 1.17 bits per heavy atom. The van der Waals surface area contributed by atoms with Crippen LogP contribution in [-0.4, -0.2) is 42.3 Å². The first-order chi connectivity index (χ1) is 11.8. The van der Waals surface area contributed by atoms with Crippen LogP contribution in [0.25, 0.3) is 0 Å². The standard InChI is InChI=1S/C17H20FN5O/c18-13-11-19-17(22-16(13)20-12-5-6-12)21-14-3-1-2-4-15(14)23-7-9-24-10-8-23/h1-4,11-12H,5-10H2,(H2,19,20,21,22). The van der Waals surface area contributed by atoms with Crippen LogP contribution in [0.15, 0.2) is 30.5 Å². The molecule has 2 N–H and O–H groups in total. The van der Waals surface area contributed by atoms with E-state index in [4.69, 9.17) is 4.74 Å². The van der Waals surface area contributed by atoms with E-state index in [2.05, 4.69) is 31.6 Å². The number of benzene rings is 1. The Balaban J connectivity index is 1.56. The van der Waals surface area contributed by atoms with Gasteiger partial charge in [0.15, 0.2) is 11.6 Å². The van der Waals surface area contributed by atoms with Gasteiger partial charge in [-0.2, -0.15) is 4.98 Å². The summed E-state index contributed by atoms with van der Waals surface area (Å²) < 4.78 is 19.2. The Hall–Kier alpha value is -2.41. The highest BCUT2D eigenvalue weighted by Crippen LogP contribution is 2.29. The first-order valence-corrected chi connectivity index (χ1v) is 8.27. The minimum atomic E-state index is -0.422. The number of para-hydroxylation sites is 2. The molecule has 0 atom stereocenters. The molecule has 1 saturated heterocycles. The molecule has 0 amide bonds. The number of hydrogen-bond donors (Lipinski definition) is 2. The lowest BCUT2D eigenvalue weighted by Gasteiger charge is -2.30. The number of aromatic nitrogens is 2. The minimum Gasteiger partial charge on any atom is -0.378 e. The summed E-state index contributed by atoms with van der Waals surface area (Å²) >= 11 is 0. The van der Waals surface area contributed by atoms with Crippen LogP contribution < -0.4 is 15.5 Å². The lowest BCUT2D eigenvalue weighted by atomic mass is 10.2. The fourth-order valence-corrected chi connectivity index (χ4v) is 2.73. The van der Waals surface area contributed by atoms with Crippen molar-refractivity contribution in [2.45, 2.75) is 18.9 Å². The van der Waals surface area contributed by atoms with Gasteiger partial charge in [-0.1, -0.05) is 12.1 Å². The molecule has 1 saturated carbocycles. The molecule has 2 aromatic rings. The third kappa shape index (κ3) is 3.41. The number of anilines is 4. The number of halogens is 1. The van der Waals surface area contributed by atoms with Crippen LogP contribution in [-0.2, 0) is 4.74 Å². The molecule has 126 valence electrons. The molecule has 2 fully saturated rings. The molecule has 0 unspecified atom stereocenters. The molecule has 4 rings (SSSR count). The minimum absolute atomic E-state index is 0.263. The van der Waals surface area contributed by atoms with E-state index in [1.807, 2.05) is 18.2 Å². The molecule has 2 heterocycles. The Labute approximate surface area is 140 Å². The Bertz CT molecular complexity index is 716. The average Bonchev–Trinajstić information content (AvgIpc) is 3.43. The quantitative estimate of drug-likeness (QED) is 0.879. The second-order valence-electron chi connectivity index (χ2n) is 6.05. The molecule has 1 aliphatic heterocycles. The third-order valence-corrected chi connectivity index (χ3v) is 4.16. The molecule has 0 spiro atoms. The fraction of sp³-hybridized carbons (Fsp3) is 0.412. The van der Waals surface area contributed by atoms with E-state index in [0.29, 0.717) is 12.0 Å². The maximum Gasteiger partial charge on any atom is 0.229 e. The maximum atomic E-state index is 13.8. The number of nitrogens with zero attached hydrogens (tertiary/aromatic N) is 3. The third-order valence-electron chi connectivity index (χ3n) is 4.16. The van der Waals surface area contributed by atoms with Crippen molar-refractivity contribution < 1.29 is 9.13 Å². The van der Waals surface area contributed by atoms with Gasteiger partial charge < -0.3 is 20.3 Å². The first-order valence-electron chi connectivity index (χ1n) is 8.27. The van der Waals surface area contributed by atoms with E-state index in [9.17, 15) is 4.39 Å². The van der Waals surface area contributed by atoms with E-state index >= 15 is 0 Å². The molecular formula is C17H20FN5O. The molecule has 7 heteroatoms. The van der Waals surface area contributed by atoms with Gasteiger partial charge in [0.1, 0.15) is 0 Å².